The first kappa shape index (κ1) is 24.4. The van der Waals surface area contributed by atoms with Crippen molar-refractivity contribution in [2.45, 2.75) is 18.9 Å². The van der Waals surface area contributed by atoms with Crippen LogP contribution in [0.5, 0.6) is 0 Å². The Hall–Kier alpha value is -4.90. The Morgan fingerprint density at radius 3 is 2.74 bits per heavy atom. The van der Waals surface area contributed by atoms with Crippen molar-refractivity contribution in [3.63, 3.8) is 0 Å². The number of nitrogens with one attached hydrogen (secondary N) is 1. The Morgan fingerprint density at radius 2 is 1.97 bits per heavy atom. The van der Waals surface area contributed by atoms with Gasteiger partial charge in [0.25, 0.3) is 0 Å². The van der Waals surface area contributed by atoms with Crippen molar-refractivity contribution in [1.29, 1.82) is 0 Å². The van der Waals surface area contributed by atoms with Crippen molar-refractivity contribution < 1.29 is 19.1 Å². The SMILES string of the molecule is CC1(c2ccnc(C(=O)O)c2)C(=O)Nc2nc(-c3nn(Cc4ccccc4F)c4cc(Cl)ccc34)nc(N)c21. The number of carboxylic acids is 1. The summed E-state index contributed by atoms with van der Waals surface area (Å²) in [5.41, 5.74) is 6.98. The first-order chi connectivity index (χ1) is 18.7. The molecule has 1 aliphatic heterocycles. The average Bonchev–Trinajstić information content (AvgIpc) is 3.39. The lowest BCUT2D eigenvalue weighted by Gasteiger charge is -2.23. The lowest BCUT2D eigenvalue weighted by Crippen LogP contribution is -2.33. The minimum Gasteiger partial charge on any atom is -0.477 e. The number of nitrogens with two attached hydrogens (primary N) is 1. The average molecular weight is 544 g/mol. The van der Waals surface area contributed by atoms with Crippen LogP contribution in [0.25, 0.3) is 22.4 Å². The van der Waals surface area contributed by atoms with Crippen molar-refractivity contribution >= 4 is 46.0 Å². The Kier molecular flexibility index (Phi) is 5.54. The molecule has 0 radical (unpaired) electrons. The van der Waals surface area contributed by atoms with Gasteiger partial charge in [-0.25, -0.2) is 24.1 Å². The van der Waals surface area contributed by atoms with E-state index in [2.05, 4.69) is 25.4 Å². The van der Waals surface area contributed by atoms with Gasteiger partial charge in [-0.15, -0.1) is 0 Å². The van der Waals surface area contributed by atoms with Crippen LogP contribution in [-0.2, 0) is 16.8 Å². The Balaban J connectivity index is 1.49. The third-order valence-electron chi connectivity index (χ3n) is 6.88. The first-order valence-electron chi connectivity index (χ1n) is 11.8. The summed E-state index contributed by atoms with van der Waals surface area (Å²) in [5.74, 6) is -1.68. The number of carbonyl (C=O) groups excluding carboxylic acids is 1. The summed E-state index contributed by atoms with van der Waals surface area (Å²) < 4.78 is 16.0. The molecular formula is C27H19ClFN7O3. The van der Waals surface area contributed by atoms with Gasteiger partial charge in [-0.3, -0.25) is 9.48 Å². The van der Waals surface area contributed by atoms with Gasteiger partial charge in [0, 0.05) is 22.2 Å². The van der Waals surface area contributed by atoms with Gasteiger partial charge in [0.15, 0.2) is 5.82 Å². The molecule has 6 rings (SSSR count). The first-order valence-corrected chi connectivity index (χ1v) is 12.1. The monoisotopic (exact) mass is 543 g/mol. The maximum absolute atomic E-state index is 14.4. The number of fused-ring (bicyclic) bond motifs is 2. The summed E-state index contributed by atoms with van der Waals surface area (Å²) >= 11 is 6.26. The van der Waals surface area contributed by atoms with Crippen LogP contribution in [-0.4, -0.2) is 41.7 Å². The molecule has 5 aromatic rings. The number of hydrogen-bond donors (Lipinski definition) is 3. The maximum atomic E-state index is 14.4. The highest BCUT2D eigenvalue weighted by Crippen LogP contribution is 2.45. The predicted octanol–water partition coefficient (Wildman–Crippen LogP) is 4.27. The van der Waals surface area contributed by atoms with Crippen molar-refractivity contribution in [3.8, 4) is 11.5 Å². The topological polar surface area (TPSA) is 149 Å². The third kappa shape index (κ3) is 3.86. The Morgan fingerprint density at radius 1 is 1.18 bits per heavy atom. The number of carbonyl (C=O) groups is 2. The lowest BCUT2D eigenvalue weighted by molar-refractivity contribution is -0.119. The van der Waals surface area contributed by atoms with Gasteiger partial charge in [-0.05, 0) is 48.9 Å². The molecule has 0 saturated carbocycles. The number of halogens is 2. The lowest BCUT2D eigenvalue weighted by atomic mass is 9.78. The Labute approximate surface area is 225 Å². The molecule has 1 atom stereocenters. The van der Waals surface area contributed by atoms with Gasteiger partial charge in [0.05, 0.1) is 17.6 Å². The highest BCUT2D eigenvalue weighted by Gasteiger charge is 2.48. The van der Waals surface area contributed by atoms with Crippen LogP contribution in [0.4, 0.5) is 16.0 Å². The van der Waals surface area contributed by atoms with Crippen molar-refractivity contribution in [3.05, 3.63) is 94.0 Å². The quantitative estimate of drug-likeness (QED) is 0.297. The molecule has 3 aromatic heterocycles. The Bertz CT molecular complexity index is 1840. The highest BCUT2D eigenvalue weighted by molar-refractivity contribution is 6.31. The fraction of sp³-hybridized carbons (Fsp3) is 0.111. The number of pyridine rings is 1. The molecule has 1 unspecified atom stereocenters. The summed E-state index contributed by atoms with van der Waals surface area (Å²) in [5, 5.41) is 17.9. The summed E-state index contributed by atoms with van der Waals surface area (Å²) in [6, 6.07) is 14.4. The number of amides is 1. The van der Waals surface area contributed by atoms with Crippen LogP contribution in [0, 0.1) is 5.82 Å². The van der Waals surface area contributed by atoms with Crippen molar-refractivity contribution in [2.24, 2.45) is 0 Å². The second kappa shape index (κ2) is 8.84. The molecular weight excluding hydrogens is 525 g/mol. The van der Waals surface area contributed by atoms with Gasteiger partial charge in [-0.1, -0.05) is 29.8 Å². The molecule has 0 saturated heterocycles. The van der Waals surface area contributed by atoms with E-state index in [9.17, 15) is 19.1 Å². The zero-order valence-electron chi connectivity index (χ0n) is 20.3. The van der Waals surface area contributed by atoms with Crippen molar-refractivity contribution in [1.82, 2.24) is 24.7 Å². The summed E-state index contributed by atoms with van der Waals surface area (Å²) in [6.07, 6.45) is 1.32. The minimum atomic E-state index is -1.36. The van der Waals surface area contributed by atoms with E-state index >= 15 is 0 Å². The second-order valence-corrected chi connectivity index (χ2v) is 9.67. The van der Waals surface area contributed by atoms with E-state index in [0.717, 1.165) is 0 Å². The number of hydrogen-bond acceptors (Lipinski definition) is 7. The zero-order chi connectivity index (χ0) is 27.5. The van der Waals surface area contributed by atoms with Crippen LogP contribution in [0.15, 0.2) is 60.8 Å². The maximum Gasteiger partial charge on any atom is 0.354 e. The molecule has 4 N–H and O–H groups in total. The van der Waals surface area contributed by atoms with Crippen LogP contribution >= 0.6 is 11.6 Å². The molecule has 1 amide bonds. The predicted molar refractivity (Wildman–Crippen MR) is 142 cm³/mol. The highest BCUT2D eigenvalue weighted by atomic mass is 35.5. The molecule has 0 bridgehead atoms. The molecule has 0 fully saturated rings. The van der Waals surface area contributed by atoms with Gasteiger partial charge in [-0.2, -0.15) is 5.10 Å². The molecule has 1 aliphatic rings. The van der Waals surface area contributed by atoms with E-state index in [1.165, 1.54) is 18.3 Å². The van der Waals surface area contributed by atoms with Gasteiger partial charge in [0.2, 0.25) is 5.91 Å². The van der Waals surface area contributed by atoms with Crippen molar-refractivity contribution in [2.75, 3.05) is 11.1 Å². The minimum absolute atomic E-state index is 0.0234. The number of nitrogen functional groups attached to an aromatic ring is 1. The normalized spacial score (nSPS) is 16.3. The number of aromatic carboxylic acids is 1. The second-order valence-electron chi connectivity index (χ2n) is 9.23. The molecule has 4 heterocycles. The van der Waals surface area contributed by atoms with E-state index in [-0.39, 0.29) is 35.5 Å². The van der Waals surface area contributed by atoms with Crippen LogP contribution in [0.3, 0.4) is 0 Å². The third-order valence-corrected chi connectivity index (χ3v) is 7.12. The van der Waals surface area contributed by atoms with E-state index in [1.807, 2.05) is 0 Å². The number of benzene rings is 2. The molecule has 194 valence electrons. The largest absolute Gasteiger partial charge is 0.477 e. The molecule has 39 heavy (non-hydrogen) atoms. The number of rotatable bonds is 5. The number of anilines is 2. The van der Waals surface area contributed by atoms with Gasteiger partial charge >= 0.3 is 5.97 Å². The molecule has 10 nitrogen and oxygen atoms in total. The van der Waals surface area contributed by atoms with E-state index in [0.29, 0.717) is 38.3 Å². The standard InChI is InChI=1S/C27H19ClFN7O3/c1-27(14-8-9-31-18(10-14)25(37)38)20-22(30)32-24(33-23(20)34-26(27)39)21-16-7-6-15(28)11-19(16)36(35-21)12-13-4-2-3-5-17(13)29/h2-11H,12H2,1H3,(H,37,38)(H3,30,32,33,34,39). The van der Waals surface area contributed by atoms with E-state index in [4.69, 9.17) is 17.3 Å². The van der Waals surface area contributed by atoms with Crippen LogP contribution < -0.4 is 11.1 Å². The van der Waals surface area contributed by atoms with Crippen LogP contribution in [0.1, 0.15) is 34.1 Å². The molecule has 0 spiro atoms. The summed E-state index contributed by atoms with van der Waals surface area (Å²) in [6.45, 7) is 1.75. The van der Waals surface area contributed by atoms with Gasteiger partial charge < -0.3 is 16.2 Å². The molecule has 2 aromatic carbocycles. The summed E-state index contributed by atoms with van der Waals surface area (Å²) in [4.78, 5) is 37.7. The summed E-state index contributed by atoms with van der Waals surface area (Å²) in [7, 11) is 0. The number of nitrogens with zero attached hydrogens (tertiary/aromatic N) is 5. The smallest absolute Gasteiger partial charge is 0.354 e. The zero-order valence-corrected chi connectivity index (χ0v) is 21.1. The van der Waals surface area contributed by atoms with E-state index < -0.39 is 17.3 Å². The van der Waals surface area contributed by atoms with Gasteiger partial charge in [0.1, 0.15) is 34.3 Å². The molecule has 12 heteroatoms. The number of aromatic nitrogens is 5. The fourth-order valence-corrected chi connectivity index (χ4v) is 5.03. The fourth-order valence-electron chi connectivity index (χ4n) is 4.87. The van der Waals surface area contributed by atoms with Crippen LogP contribution in [0.2, 0.25) is 5.02 Å². The number of carboxylic acid groups (broad SMARTS) is 1. The molecule has 0 aliphatic carbocycles. The van der Waals surface area contributed by atoms with E-state index in [1.54, 1.807) is 54.1 Å².